The van der Waals surface area contributed by atoms with Crippen LogP contribution in [-0.2, 0) is 0 Å². The Hall–Kier alpha value is -1.72. The Morgan fingerprint density at radius 2 is 1.91 bits per heavy atom. The highest BCUT2D eigenvalue weighted by molar-refractivity contribution is 5.75. The summed E-state index contributed by atoms with van der Waals surface area (Å²) in [6, 6.07) is -0.926. The molecule has 1 fully saturated rings. The number of amides is 4. The Bertz CT molecular complexity index is 498. The molecule has 6 nitrogen and oxygen atoms in total. The molecule has 1 unspecified atom stereocenters. The molecular formula is C16H28N4O2. The van der Waals surface area contributed by atoms with Crippen molar-refractivity contribution in [1.29, 1.82) is 0 Å². The monoisotopic (exact) mass is 308 g/mol. The molecule has 0 bridgehead atoms. The number of primary amides is 2. The van der Waals surface area contributed by atoms with Gasteiger partial charge in [0.25, 0.3) is 0 Å². The van der Waals surface area contributed by atoms with Crippen LogP contribution in [0.3, 0.4) is 0 Å². The number of rotatable bonds is 2. The number of nitrogens with two attached hydrogens (primary N) is 2. The molecule has 4 amide bonds. The molecule has 1 heterocycles. The Labute approximate surface area is 132 Å². The third-order valence-corrected chi connectivity index (χ3v) is 5.20. The average Bonchev–Trinajstić information content (AvgIpc) is 2.42. The minimum atomic E-state index is -0.428. The molecule has 0 aromatic carbocycles. The van der Waals surface area contributed by atoms with Gasteiger partial charge in [0, 0.05) is 19.6 Å². The van der Waals surface area contributed by atoms with Crippen LogP contribution in [0.15, 0.2) is 11.1 Å². The SMILES string of the molecule is CC1=C(CC2CN(C(N)=O)CCN2C(N)=O)C(C)(C)CCC1. The lowest BCUT2D eigenvalue weighted by molar-refractivity contribution is 0.109. The van der Waals surface area contributed by atoms with Gasteiger partial charge in [0.05, 0.1) is 6.04 Å². The molecule has 0 aromatic rings. The number of hydrogen-bond donors (Lipinski definition) is 2. The van der Waals surface area contributed by atoms with Gasteiger partial charge in [0.2, 0.25) is 0 Å². The Morgan fingerprint density at radius 1 is 1.23 bits per heavy atom. The largest absolute Gasteiger partial charge is 0.351 e. The summed E-state index contributed by atoms with van der Waals surface area (Å²) < 4.78 is 0. The van der Waals surface area contributed by atoms with Gasteiger partial charge in [-0.2, -0.15) is 0 Å². The van der Waals surface area contributed by atoms with E-state index in [1.165, 1.54) is 17.6 Å². The normalized spacial score (nSPS) is 25.3. The van der Waals surface area contributed by atoms with Crippen LogP contribution in [-0.4, -0.2) is 47.5 Å². The summed E-state index contributed by atoms with van der Waals surface area (Å²) in [5.41, 5.74) is 13.9. The molecule has 0 saturated carbocycles. The summed E-state index contributed by atoms with van der Waals surface area (Å²) in [6.45, 7) is 8.07. The smallest absolute Gasteiger partial charge is 0.315 e. The predicted octanol–water partition coefficient (Wildman–Crippen LogP) is 2.05. The summed E-state index contributed by atoms with van der Waals surface area (Å²) in [6.07, 6.45) is 4.25. The lowest BCUT2D eigenvalue weighted by Crippen LogP contribution is -2.59. The van der Waals surface area contributed by atoms with Crippen molar-refractivity contribution < 1.29 is 9.59 Å². The second-order valence-corrected chi connectivity index (χ2v) is 7.17. The van der Waals surface area contributed by atoms with Gasteiger partial charge < -0.3 is 21.3 Å². The topological polar surface area (TPSA) is 92.7 Å². The summed E-state index contributed by atoms with van der Waals surface area (Å²) >= 11 is 0. The summed E-state index contributed by atoms with van der Waals surface area (Å²) in [7, 11) is 0. The lowest BCUT2D eigenvalue weighted by atomic mass is 9.70. The van der Waals surface area contributed by atoms with E-state index in [1.54, 1.807) is 9.80 Å². The van der Waals surface area contributed by atoms with Gasteiger partial charge >= 0.3 is 12.1 Å². The number of allylic oxidation sites excluding steroid dienone is 1. The number of carbonyl (C=O) groups is 2. The molecule has 2 rings (SSSR count). The highest BCUT2D eigenvalue weighted by Gasteiger charge is 2.36. The van der Waals surface area contributed by atoms with Crippen LogP contribution in [0, 0.1) is 5.41 Å². The highest BCUT2D eigenvalue weighted by atomic mass is 16.2. The number of carbonyl (C=O) groups excluding carboxylic acids is 2. The van der Waals surface area contributed by atoms with Gasteiger partial charge in [-0.25, -0.2) is 9.59 Å². The van der Waals surface area contributed by atoms with E-state index in [4.69, 9.17) is 11.5 Å². The second kappa shape index (κ2) is 6.18. The fourth-order valence-electron chi connectivity index (χ4n) is 3.88. The van der Waals surface area contributed by atoms with E-state index in [0.29, 0.717) is 19.6 Å². The van der Waals surface area contributed by atoms with Gasteiger partial charge in [-0.15, -0.1) is 0 Å². The molecule has 6 heteroatoms. The van der Waals surface area contributed by atoms with Crippen molar-refractivity contribution in [3.63, 3.8) is 0 Å². The van der Waals surface area contributed by atoms with Crippen LogP contribution in [0.5, 0.6) is 0 Å². The first kappa shape index (κ1) is 16.6. The Morgan fingerprint density at radius 3 is 2.45 bits per heavy atom. The number of piperazine rings is 1. The lowest BCUT2D eigenvalue weighted by Gasteiger charge is -2.43. The summed E-state index contributed by atoms with van der Waals surface area (Å²) in [4.78, 5) is 26.5. The molecule has 0 radical (unpaired) electrons. The molecule has 1 aliphatic carbocycles. The zero-order valence-electron chi connectivity index (χ0n) is 13.9. The Kier molecular flexibility index (Phi) is 4.68. The van der Waals surface area contributed by atoms with Crippen molar-refractivity contribution >= 4 is 12.1 Å². The molecule has 0 spiro atoms. The molecule has 1 aliphatic heterocycles. The van der Waals surface area contributed by atoms with Crippen molar-refractivity contribution in [2.75, 3.05) is 19.6 Å². The van der Waals surface area contributed by atoms with Gasteiger partial charge in [-0.05, 0) is 38.0 Å². The van der Waals surface area contributed by atoms with E-state index >= 15 is 0 Å². The van der Waals surface area contributed by atoms with Crippen LogP contribution >= 0.6 is 0 Å². The highest BCUT2D eigenvalue weighted by Crippen LogP contribution is 2.42. The maximum absolute atomic E-state index is 11.7. The quantitative estimate of drug-likeness (QED) is 0.764. The predicted molar refractivity (Wildman–Crippen MR) is 86.2 cm³/mol. The van der Waals surface area contributed by atoms with Crippen LogP contribution in [0.25, 0.3) is 0 Å². The van der Waals surface area contributed by atoms with Gasteiger partial charge in [-0.1, -0.05) is 25.0 Å². The minimum absolute atomic E-state index is 0.0823. The van der Waals surface area contributed by atoms with E-state index in [0.717, 1.165) is 19.3 Å². The maximum Gasteiger partial charge on any atom is 0.315 e. The molecule has 1 saturated heterocycles. The zero-order valence-corrected chi connectivity index (χ0v) is 13.9. The Balaban J connectivity index is 2.22. The summed E-state index contributed by atoms with van der Waals surface area (Å²) in [5, 5.41) is 0. The fraction of sp³-hybridized carbons (Fsp3) is 0.750. The summed E-state index contributed by atoms with van der Waals surface area (Å²) in [5.74, 6) is 0. The first-order valence-corrected chi connectivity index (χ1v) is 8.02. The van der Waals surface area contributed by atoms with Crippen LogP contribution in [0.1, 0.15) is 46.5 Å². The fourth-order valence-corrected chi connectivity index (χ4v) is 3.88. The van der Waals surface area contributed by atoms with Crippen molar-refractivity contribution in [3.8, 4) is 0 Å². The maximum atomic E-state index is 11.7. The zero-order chi connectivity index (χ0) is 16.5. The second-order valence-electron chi connectivity index (χ2n) is 7.17. The van der Waals surface area contributed by atoms with Crippen LogP contribution in [0.2, 0.25) is 0 Å². The first-order chi connectivity index (χ1) is 10.2. The standard InChI is InChI=1S/C16H28N4O2/c1-11-5-4-6-16(2,3)13(11)9-12-10-19(14(17)21)7-8-20(12)15(18)22/h12H,4-10H2,1-3H3,(H2,17,21)(H2,18,22). The molecule has 4 N–H and O–H groups in total. The molecule has 22 heavy (non-hydrogen) atoms. The van der Waals surface area contributed by atoms with Crippen molar-refractivity contribution in [2.24, 2.45) is 16.9 Å². The van der Waals surface area contributed by atoms with Crippen molar-refractivity contribution in [1.82, 2.24) is 9.80 Å². The van der Waals surface area contributed by atoms with Crippen LogP contribution < -0.4 is 11.5 Å². The van der Waals surface area contributed by atoms with Gasteiger partial charge in [0.15, 0.2) is 0 Å². The molecule has 124 valence electrons. The molecule has 0 aromatic heterocycles. The number of hydrogen-bond acceptors (Lipinski definition) is 2. The van der Waals surface area contributed by atoms with E-state index in [2.05, 4.69) is 20.8 Å². The van der Waals surface area contributed by atoms with Crippen molar-refractivity contribution in [3.05, 3.63) is 11.1 Å². The molecule has 2 aliphatic rings. The minimum Gasteiger partial charge on any atom is -0.351 e. The van der Waals surface area contributed by atoms with E-state index < -0.39 is 12.1 Å². The van der Waals surface area contributed by atoms with Crippen LogP contribution in [0.4, 0.5) is 9.59 Å². The van der Waals surface area contributed by atoms with Crippen molar-refractivity contribution in [2.45, 2.75) is 52.5 Å². The number of nitrogens with zero attached hydrogens (tertiary/aromatic N) is 2. The number of urea groups is 2. The first-order valence-electron chi connectivity index (χ1n) is 8.02. The van der Waals surface area contributed by atoms with E-state index in [9.17, 15) is 9.59 Å². The third kappa shape index (κ3) is 3.36. The van der Waals surface area contributed by atoms with E-state index in [1.807, 2.05) is 0 Å². The van der Waals surface area contributed by atoms with Gasteiger partial charge in [0.1, 0.15) is 0 Å². The molecule has 1 atom stereocenters. The molecular weight excluding hydrogens is 280 g/mol. The van der Waals surface area contributed by atoms with Gasteiger partial charge in [-0.3, -0.25) is 0 Å². The average molecular weight is 308 g/mol. The van der Waals surface area contributed by atoms with E-state index in [-0.39, 0.29) is 11.5 Å². The third-order valence-electron chi connectivity index (χ3n) is 5.20.